The van der Waals surface area contributed by atoms with Crippen molar-refractivity contribution in [2.45, 2.75) is 19.3 Å². The van der Waals surface area contributed by atoms with Crippen LogP contribution in [0.4, 0.5) is 0 Å². The van der Waals surface area contributed by atoms with Crippen LogP contribution in [-0.2, 0) is 6.42 Å². The van der Waals surface area contributed by atoms with Crippen molar-refractivity contribution in [1.29, 1.82) is 0 Å². The van der Waals surface area contributed by atoms with Gasteiger partial charge in [0.1, 0.15) is 0 Å². The summed E-state index contributed by atoms with van der Waals surface area (Å²) < 4.78 is 0. The van der Waals surface area contributed by atoms with Crippen LogP contribution in [0.3, 0.4) is 0 Å². The van der Waals surface area contributed by atoms with Crippen LogP contribution >= 0.6 is 0 Å². The average Bonchev–Trinajstić information content (AvgIpc) is 2.17. The highest BCUT2D eigenvalue weighted by Crippen LogP contribution is 2.20. The molecule has 62 valence electrons. The summed E-state index contributed by atoms with van der Waals surface area (Å²) in [5, 5.41) is 12.0. The second-order valence-electron chi connectivity index (χ2n) is 3.06. The SMILES string of the molecule is O/N=C1\CCCc2ccccc21. The van der Waals surface area contributed by atoms with Crippen molar-refractivity contribution in [3.05, 3.63) is 35.4 Å². The maximum absolute atomic E-state index is 8.73. The van der Waals surface area contributed by atoms with Gasteiger partial charge in [-0.05, 0) is 24.8 Å². The van der Waals surface area contributed by atoms with Gasteiger partial charge in [0.2, 0.25) is 0 Å². The minimum absolute atomic E-state index is 0.830. The van der Waals surface area contributed by atoms with Gasteiger partial charge in [-0.15, -0.1) is 0 Å². The first-order valence-corrected chi connectivity index (χ1v) is 4.21. The molecule has 0 aromatic heterocycles. The number of aryl methyl sites for hydroxylation is 1. The monoisotopic (exact) mass is 161 g/mol. The Kier molecular flexibility index (Phi) is 1.82. The van der Waals surface area contributed by atoms with Gasteiger partial charge in [-0.2, -0.15) is 0 Å². The summed E-state index contributed by atoms with van der Waals surface area (Å²) in [7, 11) is 0. The summed E-state index contributed by atoms with van der Waals surface area (Å²) in [5.74, 6) is 0. The molecule has 12 heavy (non-hydrogen) atoms. The summed E-state index contributed by atoms with van der Waals surface area (Å²) in [5.41, 5.74) is 3.25. The van der Waals surface area contributed by atoms with Crippen LogP contribution in [0.25, 0.3) is 0 Å². The van der Waals surface area contributed by atoms with Crippen LogP contribution in [0, 0.1) is 0 Å². The number of oxime groups is 1. The third-order valence-electron chi connectivity index (χ3n) is 2.31. The summed E-state index contributed by atoms with van der Waals surface area (Å²) >= 11 is 0. The molecule has 0 radical (unpaired) electrons. The summed E-state index contributed by atoms with van der Waals surface area (Å²) in [6, 6.07) is 8.12. The molecule has 0 saturated carbocycles. The largest absolute Gasteiger partial charge is 0.411 e. The molecule has 0 atom stereocenters. The van der Waals surface area contributed by atoms with Gasteiger partial charge in [-0.25, -0.2) is 0 Å². The molecule has 0 unspecified atom stereocenters. The molecule has 0 aliphatic heterocycles. The molecule has 2 rings (SSSR count). The lowest BCUT2D eigenvalue weighted by atomic mass is 9.90. The van der Waals surface area contributed by atoms with Crippen molar-refractivity contribution in [2.24, 2.45) is 5.16 Å². The molecular weight excluding hydrogens is 150 g/mol. The van der Waals surface area contributed by atoms with Crippen molar-refractivity contribution < 1.29 is 5.21 Å². The molecule has 0 bridgehead atoms. The van der Waals surface area contributed by atoms with E-state index in [4.69, 9.17) is 5.21 Å². The molecule has 0 saturated heterocycles. The first-order valence-electron chi connectivity index (χ1n) is 4.21. The molecular formula is C10H11NO. The molecule has 1 aromatic rings. The van der Waals surface area contributed by atoms with Crippen molar-refractivity contribution in [3.8, 4) is 0 Å². The molecule has 2 nitrogen and oxygen atoms in total. The van der Waals surface area contributed by atoms with E-state index in [1.165, 1.54) is 5.56 Å². The molecule has 1 N–H and O–H groups in total. The highest BCUT2D eigenvalue weighted by atomic mass is 16.4. The third kappa shape index (κ3) is 1.09. The molecule has 0 fully saturated rings. The fourth-order valence-electron chi connectivity index (χ4n) is 1.70. The fourth-order valence-corrected chi connectivity index (χ4v) is 1.70. The molecule has 2 heteroatoms. The number of fused-ring (bicyclic) bond motifs is 1. The smallest absolute Gasteiger partial charge is 0.0870 e. The first kappa shape index (κ1) is 7.35. The number of hydrogen-bond donors (Lipinski definition) is 1. The van der Waals surface area contributed by atoms with Crippen molar-refractivity contribution in [3.63, 3.8) is 0 Å². The zero-order valence-electron chi connectivity index (χ0n) is 6.83. The van der Waals surface area contributed by atoms with Crippen LogP contribution in [0.5, 0.6) is 0 Å². The first-order chi connectivity index (χ1) is 5.92. The fraction of sp³-hybridized carbons (Fsp3) is 0.300. The van der Waals surface area contributed by atoms with E-state index in [1.807, 2.05) is 18.2 Å². The van der Waals surface area contributed by atoms with Gasteiger partial charge in [0.15, 0.2) is 0 Å². The molecule has 0 amide bonds. The van der Waals surface area contributed by atoms with Crippen LogP contribution in [-0.4, -0.2) is 10.9 Å². The molecule has 1 aromatic carbocycles. The van der Waals surface area contributed by atoms with E-state index in [0.717, 1.165) is 30.5 Å². The van der Waals surface area contributed by atoms with E-state index in [-0.39, 0.29) is 0 Å². The Morgan fingerprint density at radius 1 is 1.17 bits per heavy atom. The lowest BCUT2D eigenvalue weighted by molar-refractivity contribution is 0.317. The number of rotatable bonds is 0. The van der Waals surface area contributed by atoms with Gasteiger partial charge in [-0.1, -0.05) is 29.4 Å². The van der Waals surface area contributed by atoms with Gasteiger partial charge in [0, 0.05) is 5.56 Å². The lowest BCUT2D eigenvalue weighted by Crippen LogP contribution is -2.11. The Balaban J connectivity index is 2.51. The second kappa shape index (κ2) is 2.97. The minimum Gasteiger partial charge on any atom is -0.411 e. The Morgan fingerprint density at radius 2 is 2.00 bits per heavy atom. The molecule has 0 spiro atoms. The van der Waals surface area contributed by atoms with Gasteiger partial charge in [-0.3, -0.25) is 0 Å². The predicted octanol–water partition coefficient (Wildman–Crippen LogP) is 2.20. The highest BCUT2D eigenvalue weighted by Gasteiger charge is 2.14. The standard InChI is InChI=1S/C10H11NO/c12-11-10-7-3-5-8-4-1-2-6-9(8)10/h1-2,4,6,12H,3,5,7H2/b11-10+. The van der Waals surface area contributed by atoms with E-state index < -0.39 is 0 Å². The lowest BCUT2D eigenvalue weighted by Gasteiger charge is -2.15. The normalized spacial score (nSPS) is 19.2. The molecule has 1 aliphatic rings. The quantitative estimate of drug-likeness (QED) is 0.459. The van der Waals surface area contributed by atoms with Crippen molar-refractivity contribution in [1.82, 2.24) is 0 Å². The summed E-state index contributed by atoms with van der Waals surface area (Å²) in [6.45, 7) is 0. The number of nitrogens with zero attached hydrogens (tertiary/aromatic N) is 1. The van der Waals surface area contributed by atoms with Crippen LogP contribution < -0.4 is 0 Å². The number of benzene rings is 1. The van der Waals surface area contributed by atoms with E-state index in [2.05, 4.69) is 11.2 Å². The zero-order chi connectivity index (χ0) is 8.39. The second-order valence-corrected chi connectivity index (χ2v) is 3.06. The highest BCUT2D eigenvalue weighted by molar-refractivity contribution is 6.02. The third-order valence-corrected chi connectivity index (χ3v) is 2.31. The summed E-state index contributed by atoms with van der Waals surface area (Å²) in [4.78, 5) is 0. The van der Waals surface area contributed by atoms with Gasteiger partial charge in [0.05, 0.1) is 5.71 Å². The number of hydrogen-bond acceptors (Lipinski definition) is 2. The van der Waals surface area contributed by atoms with Gasteiger partial charge >= 0.3 is 0 Å². The molecule has 0 heterocycles. The Labute approximate surface area is 71.5 Å². The van der Waals surface area contributed by atoms with Crippen LogP contribution in [0.15, 0.2) is 29.4 Å². The van der Waals surface area contributed by atoms with E-state index in [0.29, 0.717) is 0 Å². The topological polar surface area (TPSA) is 32.6 Å². The molecule has 1 aliphatic carbocycles. The van der Waals surface area contributed by atoms with E-state index in [9.17, 15) is 0 Å². The van der Waals surface area contributed by atoms with Crippen molar-refractivity contribution in [2.75, 3.05) is 0 Å². The van der Waals surface area contributed by atoms with Gasteiger partial charge in [0.25, 0.3) is 0 Å². The van der Waals surface area contributed by atoms with Crippen LogP contribution in [0.1, 0.15) is 24.0 Å². The summed E-state index contributed by atoms with van der Waals surface area (Å²) in [6.07, 6.45) is 3.10. The average molecular weight is 161 g/mol. The van der Waals surface area contributed by atoms with Gasteiger partial charge < -0.3 is 5.21 Å². The van der Waals surface area contributed by atoms with E-state index >= 15 is 0 Å². The Hall–Kier alpha value is -1.31. The van der Waals surface area contributed by atoms with E-state index in [1.54, 1.807) is 0 Å². The maximum Gasteiger partial charge on any atom is 0.0870 e. The maximum atomic E-state index is 8.73. The Bertz CT molecular complexity index is 317. The predicted molar refractivity (Wildman–Crippen MR) is 47.7 cm³/mol. The minimum atomic E-state index is 0.830. The zero-order valence-corrected chi connectivity index (χ0v) is 6.83. The van der Waals surface area contributed by atoms with Crippen molar-refractivity contribution >= 4 is 5.71 Å². The Morgan fingerprint density at radius 3 is 2.83 bits per heavy atom. The van der Waals surface area contributed by atoms with Crippen LogP contribution in [0.2, 0.25) is 0 Å².